The zero-order chi connectivity index (χ0) is 18.6. The first-order chi connectivity index (χ1) is 13.3. The summed E-state index contributed by atoms with van der Waals surface area (Å²) < 4.78 is 0. The summed E-state index contributed by atoms with van der Waals surface area (Å²) in [7, 11) is 0. The maximum atomic E-state index is 4.69. The van der Waals surface area contributed by atoms with Gasteiger partial charge in [-0.3, -0.25) is 0 Å². The summed E-state index contributed by atoms with van der Waals surface area (Å²) in [5.74, 6) is 2.42. The molecule has 0 spiro atoms. The molecule has 0 fully saturated rings. The topological polar surface area (TPSA) is 32.3 Å². The average molecular weight is 358 g/mol. The third-order valence-electron chi connectivity index (χ3n) is 5.32. The van der Waals surface area contributed by atoms with Crippen LogP contribution in [0.3, 0.4) is 0 Å². The molecule has 2 aromatic carbocycles. The first kappa shape index (κ1) is 17.5. The second kappa shape index (κ2) is 7.78. The van der Waals surface area contributed by atoms with Crippen LogP contribution < -0.4 is 9.80 Å². The van der Waals surface area contributed by atoms with Gasteiger partial charge in [-0.1, -0.05) is 56.7 Å². The lowest BCUT2D eigenvalue weighted by Gasteiger charge is -2.26. The van der Waals surface area contributed by atoms with Crippen LogP contribution in [-0.2, 0) is 0 Å². The van der Waals surface area contributed by atoms with Crippen LogP contribution in [0.5, 0.6) is 0 Å². The largest absolute Gasteiger partial charge is 0.305 e. The molecule has 0 amide bonds. The standard InChI is InChI=1S/C23H26N4/c1-3-10-18(4-2)20-13-8-9-14-21(20)27-17-26(19-11-6-5-7-12-19)22-23(27)25-16-15-24-22/h5-9,11-16,18H,3-4,10,17H2,1-2H3. The molecule has 4 heteroatoms. The molecule has 1 aromatic heterocycles. The summed E-state index contributed by atoms with van der Waals surface area (Å²) >= 11 is 0. The van der Waals surface area contributed by atoms with E-state index < -0.39 is 0 Å². The number of para-hydroxylation sites is 2. The van der Waals surface area contributed by atoms with Gasteiger partial charge in [0.05, 0.1) is 0 Å². The monoisotopic (exact) mass is 358 g/mol. The normalized spacial score (nSPS) is 14.3. The van der Waals surface area contributed by atoms with Crippen molar-refractivity contribution < 1.29 is 0 Å². The van der Waals surface area contributed by atoms with Crippen molar-refractivity contribution in [2.24, 2.45) is 0 Å². The quantitative estimate of drug-likeness (QED) is 0.539. The van der Waals surface area contributed by atoms with Gasteiger partial charge in [-0.15, -0.1) is 0 Å². The van der Waals surface area contributed by atoms with Gasteiger partial charge in [0, 0.05) is 23.8 Å². The Balaban J connectivity index is 1.78. The maximum absolute atomic E-state index is 4.69. The Morgan fingerprint density at radius 3 is 2.22 bits per heavy atom. The summed E-state index contributed by atoms with van der Waals surface area (Å²) in [6.07, 6.45) is 7.10. The van der Waals surface area contributed by atoms with Crippen LogP contribution in [0.15, 0.2) is 67.0 Å². The van der Waals surface area contributed by atoms with E-state index in [1.165, 1.54) is 24.1 Å². The molecule has 0 N–H and O–H groups in total. The minimum absolute atomic E-state index is 0.567. The van der Waals surface area contributed by atoms with Gasteiger partial charge in [-0.25, -0.2) is 9.97 Å². The van der Waals surface area contributed by atoms with Crippen molar-refractivity contribution in [3.8, 4) is 0 Å². The van der Waals surface area contributed by atoms with Crippen LogP contribution >= 0.6 is 0 Å². The van der Waals surface area contributed by atoms with Crippen LogP contribution in [0.4, 0.5) is 23.0 Å². The van der Waals surface area contributed by atoms with Gasteiger partial charge in [0.25, 0.3) is 0 Å². The third-order valence-corrected chi connectivity index (χ3v) is 5.32. The zero-order valence-corrected chi connectivity index (χ0v) is 16.0. The summed E-state index contributed by atoms with van der Waals surface area (Å²) in [6, 6.07) is 19.2. The smallest absolute Gasteiger partial charge is 0.178 e. The van der Waals surface area contributed by atoms with E-state index in [2.05, 4.69) is 82.1 Å². The van der Waals surface area contributed by atoms with Gasteiger partial charge in [-0.05, 0) is 42.5 Å². The summed E-state index contributed by atoms with van der Waals surface area (Å²) in [4.78, 5) is 13.9. The molecule has 27 heavy (non-hydrogen) atoms. The number of fused-ring (bicyclic) bond motifs is 1. The molecule has 0 saturated heterocycles. The van der Waals surface area contributed by atoms with Gasteiger partial charge >= 0.3 is 0 Å². The van der Waals surface area contributed by atoms with E-state index in [0.29, 0.717) is 5.92 Å². The van der Waals surface area contributed by atoms with Crippen molar-refractivity contribution in [3.05, 3.63) is 72.6 Å². The van der Waals surface area contributed by atoms with Crippen molar-refractivity contribution in [2.75, 3.05) is 16.5 Å². The fourth-order valence-electron chi connectivity index (χ4n) is 3.99. The van der Waals surface area contributed by atoms with Gasteiger partial charge in [0.2, 0.25) is 0 Å². The van der Waals surface area contributed by atoms with Crippen molar-refractivity contribution in [3.63, 3.8) is 0 Å². The van der Waals surface area contributed by atoms with Gasteiger partial charge in [0.15, 0.2) is 11.6 Å². The lowest BCUT2D eigenvalue weighted by Crippen LogP contribution is -2.25. The molecule has 3 aromatic rings. The van der Waals surface area contributed by atoms with E-state index in [1.54, 1.807) is 12.4 Å². The van der Waals surface area contributed by atoms with Crippen LogP contribution in [0.25, 0.3) is 0 Å². The number of benzene rings is 2. The van der Waals surface area contributed by atoms with Crippen molar-refractivity contribution in [2.45, 2.75) is 39.0 Å². The van der Waals surface area contributed by atoms with E-state index in [9.17, 15) is 0 Å². The molecule has 0 radical (unpaired) electrons. The van der Waals surface area contributed by atoms with Gasteiger partial charge in [0.1, 0.15) is 6.67 Å². The Morgan fingerprint density at radius 2 is 1.52 bits per heavy atom. The summed E-state index contributed by atoms with van der Waals surface area (Å²) in [6.45, 7) is 5.27. The molecule has 1 aliphatic rings. The summed E-state index contributed by atoms with van der Waals surface area (Å²) in [5.41, 5.74) is 3.80. The predicted molar refractivity (Wildman–Crippen MR) is 112 cm³/mol. The van der Waals surface area contributed by atoms with Crippen LogP contribution in [0.1, 0.15) is 44.6 Å². The Bertz CT molecular complexity index is 894. The van der Waals surface area contributed by atoms with E-state index >= 15 is 0 Å². The molecule has 138 valence electrons. The van der Waals surface area contributed by atoms with E-state index in [0.717, 1.165) is 30.4 Å². The molecule has 1 unspecified atom stereocenters. The number of hydrogen-bond donors (Lipinski definition) is 0. The molecule has 4 rings (SSSR count). The van der Waals surface area contributed by atoms with Gasteiger partial charge < -0.3 is 9.80 Å². The van der Waals surface area contributed by atoms with Crippen molar-refractivity contribution >= 4 is 23.0 Å². The molecule has 4 nitrogen and oxygen atoms in total. The molecule has 2 heterocycles. The van der Waals surface area contributed by atoms with E-state index in [1.807, 2.05) is 6.07 Å². The molecular weight excluding hydrogens is 332 g/mol. The number of rotatable bonds is 6. The average Bonchev–Trinajstić information content (AvgIpc) is 3.12. The maximum Gasteiger partial charge on any atom is 0.178 e. The van der Waals surface area contributed by atoms with Crippen molar-refractivity contribution in [1.29, 1.82) is 0 Å². The van der Waals surface area contributed by atoms with Crippen LogP contribution in [0.2, 0.25) is 0 Å². The molecule has 1 aliphatic heterocycles. The third kappa shape index (κ3) is 3.27. The second-order valence-corrected chi connectivity index (χ2v) is 6.99. The SMILES string of the molecule is CCCC(CC)c1ccccc1N1CN(c2ccccc2)c2nccnc21. The predicted octanol–water partition coefficient (Wildman–Crippen LogP) is 6.02. The van der Waals surface area contributed by atoms with E-state index in [4.69, 9.17) is 0 Å². The fourth-order valence-corrected chi connectivity index (χ4v) is 3.99. The molecule has 0 aliphatic carbocycles. The van der Waals surface area contributed by atoms with Crippen molar-refractivity contribution in [1.82, 2.24) is 9.97 Å². The van der Waals surface area contributed by atoms with Gasteiger partial charge in [-0.2, -0.15) is 0 Å². The highest BCUT2D eigenvalue weighted by Gasteiger charge is 2.32. The minimum atomic E-state index is 0.567. The Morgan fingerprint density at radius 1 is 0.852 bits per heavy atom. The Labute approximate surface area is 161 Å². The zero-order valence-electron chi connectivity index (χ0n) is 16.0. The molecule has 0 saturated carbocycles. The number of hydrogen-bond acceptors (Lipinski definition) is 4. The Hall–Kier alpha value is -2.88. The fraction of sp³-hybridized carbons (Fsp3) is 0.304. The highest BCUT2D eigenvalue weighted by molar-refractivity contribution is 5.82. The number of aromatic nitrogens is 2. The van der Waals surface area contributed by atoms with Crippen LogP contribution in [-0.4, -0.2) is 16.6 Å². The number of nitrogens with zero attached hydrogens (tertiary/aromatic N) is 4. The molecule has 0 bridgehead atoms. The molecule has 1 atom stereocenters. The second-order valence-electron chi connectivity index (χ2n) is 6.99. The summed E-state index contributed by atoms with van der Waals surface area (Å²) in [5, 5.41) is 0. The molecular formula is C23H26N4. The Kier molecular flexibility index (Phi) is 5.05. The number of anilines is 4. The first-order valence-electron chi connectivity index (χ1n) is 9.83. The minimum Gasteiger partial charge on any atom is -0.305 e. The highest BCUT2D eigenvalue weighted by atomic mass is 15.4. The lowest BCUT2D eigenvalue weighted by atomic mass is 9.90. The lowest BCUT2D eigenvalue weighted by molar-refractivity contribution is 0.595. The highest BCUT2D eigenvalue weighted by Crippen LogP contribution is 2.44. The van der Waals surface area contributed by atoms with E-state index in [-0.39, 0.29) is 0 Å². The first-order valence-corrected chi connectivity index (χ1v) is 9.83. The van der Waals surface area contributed by atoms with Crippen LogP contribution in [0, 0.1) is 0 Å².